The summed E-state index contributed by atoms with van der Waals surface area (Å²) in [6, 6.07) is 7.30. The number of thioether (sulfide) groups is 2. The molecule has 1 unspecified atom stereocenters. The number of nitrogens with zero attached hydrogens (tertiary/aromatic N) is 3. The first-order valence-electron chi connectivity index (χ1n) is 7.25. The van der Waals surface area contributed by atoms with Crippen LogP contribution in [0.3, 0.4) is 0 Å². The number of benzene rings is 1. The second-order valence-electron chi connectivity index (χ2n) is 5.54. The van der Waals surface area contributed by atoms with E-state index < -0.39 is 4.33 Å². The highest BCUT2D eigenvalue weighted by atomic mass is 35.5. The maximum Gasteiger partial charge on any atom is 0.241 e. The van der Waals surface area contributed by atoms with E-state index in [1.54, 1.807) is 24.1 Å². The molecule has 2 aliphatic rings. The third-order valence-corrected chi connectivity index (χ3v) is 7.36. The average Bonchev–Trinajstić information content (AvgIpc) is 3.02. The number of hydrogen-bond donors (Lipinski definition) is 0. The maximum atomic E-state index is 12.0. The molecular formula is C16H16ClN3O2S2. The number of hydrazone groups is 1. The average molecular weight is 382 g/mol. The highest BCUT2D eigenvalue weighted by Crippen LogP contribution is 2.58. The lowest BCUT2D eigenvalue weighted by molar-refractivity contribution is -0.113. The van der Waals surface area contributed by atoms with Crippen molar-refractivity contribution in [2.45, 2.75) is 25.1 Å². The van der Waals surface area contributed by atoms with E-state index in [0.29, 0.717) is 15.0 Å². The minimum absolute atomic E-state index is 0.00384. The molecule has 0 N–H and O–H groups in total. The molecule has 0 aliphatic carbocycles. The second-order valence-corrected chi connectivity index (χ2v) is 8.57. The molecule has 8 heteroatoms. The van der Waals surface area contributed by atoms with E-state index in [9.17, 15) is 9.59 Å². The Hall–Kier alpha value is -1.44. The zero-order chi connectivity index (χ0) is 17.6. The van der Waals surface area contributed by atoms with Gasteiger partial charge in [-0.2, -0.15) is 5.10 Å². The van der Waals surface area contributed by atoms with E-state index in [1.165, 1.54) is 30.4 Å². The van der Waals surface area contributed by atoms with Gasteiger partial charge in [-0.25, -0.2) is 5.01 Å². The predicted molar refractivity (Wildman–Crippen MR) is 101 cm³/mol. The first-order valence-corrected chi connectivity index (χ1v) is 9.26. The van der Waals surface area contributed by atoms with Crippen LogP contribution in [0.5, 0.6) is 0 Å². The molecule has 24 heavy (non-hydrogen) atoms. The van der Waals surface area contributed by atoms with Gasteiger partial charge in [0.05, 0.1) is 10.6 Å². The molecule has 0 amide bonds. The Labute approximate surface area is 154 Å². The van der Waals surface area contributed by atoms with Gasteiger partial charge in [0, 0.05) is 24.7 Å². The van der Waals surface area contributed by atoms with Gasteiger partial charge in [-0.15, -0.1) is 0 Å². The van der Waals surface area contributed by atoms with E-state index >= 15 is 0 Å². The van der Waals surface area contributed by atoms with Crippen LogP contribution in [-0.2, 0) is 9.59 Å². The van der Waals surface area contributed by atoms with Crippen molar-refractivity contribution in [1.82, 2.24) is 4.90 Å². The molecule has 2 aliphatic heterocycles. The Bertz CT molecular complexity index is 808. The van der Waals surface area contributed by atoms with Gasteiger partial charge in [0.15, 0.2) is 16.6 Å². The number of carbonyl (C=O) groups is 2. The minimum atomic E-state index is -0.739. The molecule has 3 rings (SSSR count). The molecule has 0 aromatic heterocycles. The molecule has 0 saturated carbocycles. The number of hydrogen-bond acceptors (Lipinski definition) is 7. The van der Waals surface area contributed by atoms with Crippen molar-refractivity contribution >= 4 is 57.4 Å². The van der Waals surface area contributed by atoms with Gasteiger partial charge in [0.25, 0.3) is 0 Å². The Morgan fingerprint density at radius 2 is 1.92 bits per heavy atom. The van der Waals surface area contributed by atoms with Crippen molar-refractivity contribution in [1.29, 1.82) is 0 Å². The third-order valence-electron chi connectivity index (χ3n) is 3.85. The van der Waals surface area contributed by atoms with Crippen molar-refractivity contribution in [2.24, 2.45) is 5.10 Å². The Balaban J connectivity index is 2.10. The largest absolute Gasteiger partial charge is 0.335 e. The summed E-state index contributed by atoms with van der Waals surface area (Å²) in [7, 11) is 1.90. The van der Waals surface area contributed by atoms with Crippen LogP contribution in [0.25, 0.3) is 0 Å². The quantitative estimate of drug-likeness (QED) is 0.791. The smallest absolute Gasteiger partial charge is 0.241 e. The van der Waals surface area contributed by atoms with Gasteiger partial charge in [-0.05, 0) is 43.8 Å². The normalized spacial score (nSPS) is 23.3. The zero-order valence-electron chi connectivity index (χ0n) is 13.7. The van der Waals surface area contributed by atoms with Crippen molar-refractivity contribution in [3.05, 3.63) is 39.9 Å². The summed E-state index contributed by atoms with van der Waals surface area (Å²) in [5, 5.41) is 7.28. The van der Waals surface area contributed by atoms with Gasteiger partial charge >= 0.3 is 0 Å². The summed E-state index contributed by atoms with van der Waals surface area (Å²) >= 11 is 8.89. The highest BCUT2D eigenvalue weighted by molar-refractivity contribution is 8.28. The Morgan fingerprint density at radius 3 is 2.46 bits per heavy atom. The molecule has 0 bridgehead atoms. The molecule has 1 aromatic carbocycles. The Morgan fingerprint density at radius 1 is 1.21 bits per heavy atom. The van der Waals surface area contributed by atoms with Gasteiger partial charge in [-0.3, -0.25) is 9.59 Å². The lowest BCUT2D eigenvalue weighted by Gasteiger charge is -2.39. The van der Waals surface area contributed by atoms with Crippen LogP contribution in [0.1, 0.15) is 20.8 Å². The molecular weight excluding hydrogens is 366 g/mol. The van der Waals surface area contributed by atoms with Crippen LogP contribution in [0.2, 0.25) is 5.02 Å². The van der Waals surface area contributed by atoms with Crippen LogP contribution in [0, 0.1) is 0 Å². The number of anilines is 1. The van der Waals surface area contributed by atoms with Crippen molar-refractivity contribution < 1.29 is 9.59 Å². The van der Waals surface area contributed by atoms with Gasteiger partial charge in [0.2, 0.25) is 4.33 Å². The number of Topliss-reactive ketones (excluding diaryl/α,β-unsaturated/α-hetero) is 2. The van der Waals surface area contributed by atoms with Crippen molar-refractivity contribution in [3.63, 3.8) is 0 Å². The fourth-order valence-electron chi connectivity index (χ4n) is 2.56. The zero-order valence-corrected chi connectivity index (χ0v) is 16.1. The van der Waals surface area contributed by atoms with Crippen LogP contribution in [0.4, 0.5) is 5.69 Å². The topological polar surface area (TPSA) is 53.0 Å². The van der Waals surface area contributed by atoms with E-state index in [4.69, 9.17) is 11.6 Å². The molecule has 1 atom stereocenters. The summed E-state index contributed by atoms with van der Waals surface area (Å²) in [5.41, 5.74) is 1.63. The fourth-order valence-corrected chi connectivity index (χ4v) is 5.62. The minimum Gasteiger partial charge on any atom is -0.335 e. The van der Waals surface area contributed by atoms with Crippen LogP contribution in [0.15, 0.2) is 40.0 Å². The molecule has 0 radical (unpaired) electrons. The number of carbonyl (C=O) groups excluding carboxylic acids is 2. The summed E-state index contributed by atoms with van der Waals surface area (Å²) in [6.45, 7) is 4.95. The molecule has 1 spiro atoms. The van der Waals surface area contributed by atoms with E-state index in [0.717, 1.165) is 11.4 Å². The lowest BCUT2D eigenvalue weighted by Crippen LogP contribution is -2.47. The monoisotopic (exact) mass is 381 g/mol. The van der Waals surface area contributed by atoms with Gasteiger partial charge in [-0.1, -0.05) is 29.4 Å². The van der Waals surface area contributed by atoms with Crippen LogP contribution in [-0.4, -0.2) is 32.9 Å². The summed E-state index contributed by atoms with van der Waals surface area (Å²) in [5.74, 6) is -0.101. The van der Waals surface area contributed by atoms with Crippen LogP contribution < -0.4 is 5.01 Å². The molecule has 2 heterocycles. The molecule has 0 fully saturated rings. The van der Waals surface area contributed by atoms with Gasteiger partial charge in [0.1, 0.15) is 0 Å². The maximum absolute atomic E-state index is 12.0. The van der Waals surface area contributed by atoms with Gasteiger partial charge < -0.3 is 4.90 Å². The number of allylic oxidation sites excluding steroid dienone is 2. The van der Waals surface area contributed by atoms with Crippen LogP contribution >= 0.6 is 35.1 Å². The molecule has 5 nitrogen and oxygen atoms in total. The van der Waals surface area contributed by atoms with Crippen molar-refractivity contribution in [2.75, 3.05) is 12.1 Å². The fraction of sp³-hybridized carbons (Fsp3) is 0.312. The number of halogens is 1. The molecule has 0 saturated heterocycles. The van der Waals surface area contributed by atoms with E-state index in [1.807, 2.05) is 31.0 Å². The van der Waals surface area contributed by atoms with E-state index in [-0.39, 0.29) is 11.6 Å². The Kier molecular flexibility index (Phi) is 4.44. The first-order chi connectivity index (χ1) is 11.3. The SMILES string of the molecule is CC(=O)C1=NN(c2cccc(Cl)c2)C2(S1)SC(C(C)=O)=C(C)N2C. The first kappa shape index (κ1) is 17.4. The summed E-state index contributed by atoms with van der Waals surface area (Å²) < 4.78 is -0.739. The molecule has 126 valence electrons. The second kappa shape index (κ2) is 6.13. The lowest BCUT2D eigenvalue weighted by atomic mass is 10.3. The number of rotatable bonds is 3. The standard InChI is InChI=1S/C16H16ClN3O2S2/c1-9-14(10(2)21)23-16(19(9)4)20(18-15(24-16)11(3)22)13-7-5-6-12(17)8-13/h5-8H,1-4H3. The molecule has 1 aromatic rings. The summed E-state index contributed by atoms with van der Waals surface area (Å²) in [4.78, 5) is 26.6. The predicted octanol–water partition coefficient (Wildman–Crippen LogP) is 3.91. The third kappa shape index (κ3) is 2.64. The summed E-state index contributed by atoms with van der Waals surface area (Å²) in [6.07, 6.45) is 0. The van der Waals surface area contributed by atoms with E-state index in [2.05, 4.69) is 5.10 Å². The highest BCUT2D eigenvalue weighted by Gasteiger charge is 2.55. The number of ketones is 2. The van der Waals surface area contributed by atoms with Crippen molar-refractivity contribution in [3.8, 4) is 0 Å².